The van der Waals surface area contributed by atoms with Crippen LogP contribution in [0, 0.1) is 11.3 Å². The lowest BCUT2D eigenvalue weighted by Crippen LogP contribution is -2.38. The minimum atomic E-state index is 0.110. The summed E-state index contributed by atoms with van der Waals surface area (Å²) >= 11 is 0. The number of carbonyl (C=O) groups is 1. The van der Waals surface area contributed by atoms with Crippen molar-refractivity contribution in [2.75, 3.05) is 26.2 Å². The van der Waals surface area contributed by atoms with E-state index >= 15 is 0 Å². The van der Waals surface area contributed by atoms with Crippen molar-refractivity contribution in [3.8, 4) is 0 Å². The summed E-state index contributed by atoms with van der Waals surface area (Å²) in [6.45, 7) is 12.1. The number of hydrogen-bond donors (Lipinski definition) is 1. The quantitative estimate of drug-likeness (QED) is 0.766. The van der Waals surface area contributed by atoms with Crippen molar-refractivity contribution in [1.29, 1.82) is 0 Å². The number of likely N-dealkylation sites (tertiary alicyclic amines) is 1. The van der Waals surface area contributed by atoms with Crippen molar-refractivity contribution in [3.63, 3.8) is 0 Å². The molecule has 0 bridgehead atoms. The van der Waals surface area contributed by atoms with E-state index in [1.54, 1.807) is 0 Å². The first-order valence-corrected chi connectivity index (χ1v) is 5.96. The maximum Gasteiger partial charge on any atom is 0.226 e. The van der Waals surface area contributed by atoms with E-state index in [1.807, 2.05) is 11.8 Å². The zero-order valence-corrected chi connectivity index (χ0v) is 10.5. The Morgan fingerprint density at radius 3 is 2.67 bits per heavy atom. The summed E-state index contributed by atoms with van der Waals surface area (Å²) in [5.41, 5.74) is 0.313. The standard InChI is InChI=1S/C12H24N2O/c1-5-13-8-10(2)11(15)14-7-6-12(3,4)9-14/h10,13H,5-9H2,1-4H3. The second-order valence-electron chi connectivity index (χ2n) is 5.38. The van der Waals surface area contributed by atoms with Gasteiger partial charge in [-0.15, -0.1) is 0 Å². The zero-order chi connectivity index (χ0) is 11.5. The second-order valence-corrected chi connectivity index (χ2v) is 5.38. The van der Waals surface area contributed by atoms with Crippen LogP contribution in [0.2, 0.25) is 0 Å². The number of amides is 1. The van der Waals surface area contributed by atoms with Crippen LogP contribution in [0.4, 0.5) is 0 Å². The van der Waals surface area contributed by atoms with Crippen molar-refractivity contribution in [1.82, 2.24) is 10.2 Å². The van der Waals surface area contributed by atoms with Crippen molar-refractivity contribution in [2.45, 2.75) is 34.1 Å². The molecular weight excluding hydrogens is 188 g/mol. The Morgan fingerprint density at radius 2 is 2.20 bits per heavy atom. The van der Waals surface area contributed by atoms with E-state index in [2.05, 4.69) is 26.1 Å². The van der Waals surface area contributed by atoms with Crippen LogP contribution >= 0.6 is 0 Å². The summed E-state index contributed by atoms with van der Waals surface area (Å²) < 4.78 is 0. The van der Waals surface area contributed by atoms with Crippen LogP contribution in [0.5, 0.6) is 0 Å². The highest BCUT2D eigenvalue weighted by atomic mass is 16.2. The summed E-state index contributed by atoms with van der Waals surface area (Å²) in [4.78, 5) is 14.0. The molecule has 0 aromatic heterocycles. The van der Waals surface area contributed by atoms with Gasteiger partial charge in [0.1, 0.15) is 0 Å². The van der Waals surface area contributed by atoms with Gasteiger partial charge in [0, 0.05) is 25.6 Å². The molecule has 1 aliphatic heterocycles. The molecule has 88 valence electrons. The van der Waals surface area contributed by atoms with Gasteiger partial charge in [-0.3, -0.25) is 4.79 Å². The average molecular weight is 212 g/mol. The van der Waals surface area contributed by atoms with Gasteiger partial charge >= 0.3 is 0 Å². The lowest BCUT2D eigenvalue weighted by Gasteiger charge is -2.23. The van der Waals surface area contributed by atoms with Gasteiger partial charge in [-0.25, -0.2) is 0 Å². The van der Waals surface area contributed by atoms with Crippen molar-refractivity contribution in [3.05, 3.63) is 0 Å². The molecule has 3 heteroatoms. The molecule has 0 spiro atoms. The molecule has 1 heterocycles. The topological polar surface area (TPSA) is 32.3 Å². The van der Waals surface area contributed by atoms with E-state index in [-0.39, 0.29) is 5.92 Å². The fraction of sp³-hybridized carbons (Fsp3) is 0.917. The molecule has 0 aromatic rings. The number of hydrogen-bond acceptors (Lipinski definition) is 2. The van der Waals surface area contributed by atoms with E-state index in [9.17, 15) is 4.79 Å². The SMILES string of the molecule is CCNCC(C)C(=O)N1CCC(C)(C)C1. The minimum absolute atomic E-state index is 0.110. The smallest absolute Gasteiger partial charge is 0.226 e. The lowest BCUT2D eigenvalue weighted by molar-refractivity contribution is -0.134. The Bertz CT molecular complexity index is 226. The van der Waals surface area contributed by atoms with Gasteiger partial charge < -0.3 is 10.2 Å². The predicted molar refractivity (Wildman–Crippen MR) is 62.7 cm³/mol. The molecule has 0 radical (unpaired) electrons. The average Bonchev–Trinajstić information content (AvgIpc) is 2.54. The fourth-order valence-corrected chi connectivity index (χ4v) is 2.06. The monoisotopic (exact) mass is 212 g/mol. The Morgan fingerprint density at radius 1 is 1.53 bits per heavy atom. The van der Waals surface area contributed by atoms with Crippen LogP contribution in [-0.4, -0.2) is 37.0 Å². The molecule has 1 rings (SSSR count). The van der Waals surface area contributed by atoms with Crippen LogP contribution in [0.15, 0.2) is 0 Å². The Labute approximate surface area is 93.2 Å². The maximum atomic E-state index is 12.0. The van der Waals surface area contributed by atoms with Crippen molar-refractivity contribution in [2.24, 2.45) is 11.3 Å². The van der Waals surface area contributed by atoms with Gasteiger partial charge in [0.05, 0.1) is 0 Å². The predicted octanol–water partition coefficient (Wildman–Crippen LogP) is 1.49. The molecule has 1 N–H and O–H groups in total. The van der Waals surface area contributed by atoms with E-state index in [0.29, 0.717) is 11.3 Å². The number of rotatable bonds is 4. The van der Waals surface area contributed by atoms with Gasteiger partial charge in [-0.05, 0) is 18.4 Å². The Balaban J connectivity index is 2.41. The highest BCUT2D eigenvalue weighted by Gasteiger charge is 2.33. The molecule has 1 atom stereocenters. The molecular formula is C12H24N2O. The van der Waals surface area contributed by atoms with Gasteiger partial charge in [0.2, 0.25) is 5.91 Å². The number of carbonyl (C=O) groups excluding carboxylic acids is 1. The zero-order valence-electron chi connectivity index (χ0n) is 10.5. The number of nitrogens with zero attached hydrogens (tertiary/aromatic N) is 1. The van der Waals surface area contributed by atoms with Crippen LogP contribution in [-0.2, 0) is 4.79 Å². The molecule has 1 amide bonds. The summed E-state index contributed by atoms with van der Waals surface area (Å²) in [5, 5.41) is 3.23. The van der Waals surface area contributed by atoms with Gasteiger partial charge in [-0.2, -0.15) is 0 Å². The van der Waals surface area contributed by atoms with E-state index in [4.69, 9.17) is 0 Å². The fourth-order valence-electron chi connectivity index (χ4n) is 2.06. The van der Waals surface area contributed by atoms with Crippen molar-refractivity contribution < 1.29 is 4.79 Å². The molecule has 0 aromatic carbocycles. The molecule has 15 heavy (non-hydrogen) atoms. The number of nitrogens with one attached hydrogen (secondary N) is 1. The summed E-state index contributed by atoms with van der Waals surface area (Å²) in [5.74, 6) is 0.417. The summed E-state index contributed by atoms with van der Waals surface area (Å²) in [6, 6.07) is 0. The molecule has 0 saturated carbocycles. The summed E-state index contributed by atoms with van der Waals surface area (Å²) in [7, 11) is 0. The highest BCUT2D eigenvalue weighted by Crippen LogP contribution is 2.29. The molecule has 1 unspecified atom stereocenters. The molecule has 1 aliphatic rings. The third kappa shape index (κ3) is 3.49. The highest BCUT2D eigenvalue weighted by molar-refractivity contribution is 5.79. The van der Waals surface area contributed by atoms with Gasteiger partial charge in [0.25, 0.3) is 0 Å². The normalized spacial score (nSPS) is 21.7. The van der Waals surface area contributed by atoms with E-state index in [1.165, 1.54) is 0 Å². The molecule has 1 saturated heterocycles. The molecule has 1 fully saturated rings. The van der Waals surface area contributed by atoms with Gasteiger partial charge in [0.15, 0.2) is 0 Å². The third-order valence-corrected chi connectivity index (χ3v) is 3.11. The van der Waals surface area contributed by atoms with E-state index in [0.717, 1.165) is 32.6 Å². The van der Waals surface area contributed by atoms with E-state index < -0.39 is 0 Å². The van der Waals surface area contributed by atoms with Crippen LogP contribution in [0.3, 0.4) is 0 Å². The molecule has 3 nitrogen and oxygen atoms in total. The molecule has 0 aliphatic carbocycles. The first-order valence-electron chi connectivity index (χ1n) is 5.96. The Hall–Kier alpha value is -0.570. The van der Waals surface area contributed by atoms with Crippen LogP contribution in [0.1, 0.15) is 34.1 Å². The maximum absolute atomic E-state index is 12.0. The van der Waals surface area contributed by atoms with Crippen molar-refractivity contribution >= 4 is 5.91 Å². The first kappa shape index (κ1) is 12.5. The lowest BCUT2D eigenvalue weighted by atomic mass is 9.93. The van der Waals surface area contributed by atoms with Crippen LogP contribution < -0.4 is 5.32 Å². The minimum Gasteiger partial charge on any atom is -0.342 e. The Kier molecular flexibility index (Phi) is 4.14. The van der Waals surface area contributed by atoms with Gasteiger partial charge in [-0.1, -0.05) is 27.7 Å². The first-order chi connectivity index (χ1) is 6.96. The third-order valence-electron chi connectivity index (χ3n) is 3.11. The van der Waals surface area contributed by atoms with Crippen LogP contribution in [0.25, 0.3) is 0 Å². The second kappa shape index (κ2) is 4.97. The summed E-state index contributed by atoms with van der Waals surface area (Å²) in [6.07, 6.45) is 1.13. The largest absolute Gasteiger partial charge is 0.342 e.